The summed E-state index contributed by atoms with van der Waals surface area (Å²) in [6.45, 7) is -5.48. The number of carbonyl (C=O) groups excluding carboxylic acids is 12. The van der Waals surface area contributed by atoms with Gasteiger partial charge in [-0.05, 0) is 0 Å². The van der Waals surface area contributed by atoms with Gasteiger partial charge in [0, 0.05) is 0 Å². The predicted molar refractivity (Wildman–Crippen MR) is 213 cm³/mol. The van der Waals surface area contributed by atoms with E-state index in [0.29, 0.717) is 0 Å². The number of urea groups is 12. The third-order valence-electron chi connectivity index (χ3n) is 18.8. The van der Waals surface area contributed by atoms with Crippen molar-refractivity contribution in [3.8, 4) is 0 Å². The highest BCUT2D eigenvalue weighted by molar-refractivity contribution is 5.95. The second kappa shape index (κ2) is 10.8. The third-order valence-corrected chi connectivity index (χ3v) is 18.8. The molecule has 18 aliphatic heterocycles. The second-order valence-corrected chi connectivity index (χ2v) is 21.3. The lowest BCUT2D eigenvalue weighted by Crippen LogP contribution is -2.63. The van der Waals surface area contributed by atoms with Crippen LogP contribution in [-0.2, 0) is 0 Å². The molecule has 36 heteroatoms. The van der Waals surface area contributed by atoms with Crippen LogP contribution >= 0.6 is 0 Å². The van der Waals surface area contributed by atoms with Gasteiger partial charge in [-0.1, -0.05) is 0 Å². The molecule has 0 aromatic rings. The van der Waals surface area contributed by atoms with Crippen LogP contribution in [0.4, 0.5) is 57.5 Å². The van der Waals surface area contributed by atoms with Crippen molar-refractivity contribution in [2.75, 3.05) is 80.0 Å². The number of carbonyl (C=O) groups is 12. The Bertz CT molecular complexity index is 2140. The van der Waals surface area contributed by atoms with Gasteiger partial charge in [0.2, 0.25) is 0 Å². The number of hydrogen-bond acceptors (Lipinski definition) is 12. The molecule has 372 valence electrons. The molecule has 18 aliphatic rings. The van der Waals surface area contributed by atoms with Crippen LogP contribution in [0.5, 0.6) is 0 Å². The average Bonchev–Trinajstić information content (AvgIpc) is 4.23. The highest BCUT2D eigenvalue weighted by atomic mass is 16.3. The van der Waals surface area contributed by atoms with Crippen LogP contribution < -0.4 is 0 Å². The van der Waals surface area contributed by atoms with E-state index < -0.39 is 226 Å². The zero-order valence-corrected chi connectivity index (χ0v) is 37.0. The average molecular weight is 1010 g/mol. The first-order valence-corrected chi connectivity index (χ1v) is 23.6. The van der Waals surface area contributed by atoms with E-state index >= 15 is 57.5 Å². The molecule has 0 unspecified atom stereocenters. The van der Waals surface area contributed by atoms with Gasteiger partial charge in [-0.3, -0.25) is 118 Å². The molecule has 24 amide bonds. The normalized spacial score (nSPS) is 40.3. The molecule has 18 rings (SSSR count). The Morgan fingerprint density at radius 3 is 0.250 bits per heavy atom. The summed E-state index contributed by atoms with van der Waals surface area (Å²) in [6, 6.07) is -7.90. The molecule has 0 aromatic heterocycles. The Kier molecular flexibility index (Phi) is 5.55. The van der Waals surface area contributed by atoms with Crippen molar-refractivity contribution in [2.24, 2.45) is 0 Å². The van der Waals surface area contributed by atoms with Crippen molar-refractivity contribution in [1.82, 2.24) is 118 Å². The summed E-state index contributed by atoms with van der Waals surface area (Å²) >= 11 is 0. The van der Waals surface area contributed by atoms with Crippen molar-refractivity contribution in [3.05, 3.63) is 0 Å². The monoisotopic (exact) mass is 1010 g/mol. The molecule has 0 aromatic carbocycles. The van der Waals surface area contributed by atoms with E-state index in [4.69, 9.17) is 0 Å². The molecule has 0 aliphatic carbocycles. The minimum atomic E-state index is -1.16. The summed E-state index contributed by atoms with van der Waals surface area (Å²) in [4.78, 5) is 213. The van der Waals surface area contributed by atoms with Crippen LogP contribution in [-0.4, -0.2) is 344 Å². The Labute approximate surface area is 401 Å². The molecule has 0 spiro atoms. The first-order chi connectivity index (χ1) is 34.7. The molecule has 18 fully saturated rings. The van der Waals surface area contributed by atoms with Crippen molar-refractivity contribution >= 4 is 72.4 Å². The fourth-order valence-electron chi connectivity index (χ4n) is 16.0. The van der Waals surface area contributed by atoms with E-state index in [2.05, 4.69) is 0 Å². The van der Waals surface area contributed by atoms with Crippen molar-refractivity contribution in [2.45, 2.75) is 74.0 Å². The lowest BCUT2D eigenvalue weighted by Gasteiger charge is -2.42. The van der Waals surface area contributed by atoms with Gasteiger partial charge in [-0.25, -0.2) is 57.5 Å². The lowest BCUT2D eigenvalue weighted by molar-refractivity contribution is -0.0210. The second-order valence-electron chi connectivity index (χ2n) is 21.3. The van der Waals surface area contributed by atoms with Gasteiger partial charge >= 0.3 is 72.4 Å². The van der Waals surface area contributed by atoms with Crippen LogP contribution in [0.25, 0.3) is 0 Å². The van der Waals surface area contributed by atoms with Gasteiger partial charge in [0.1, 0.15) is 80.0 Å². The fourth-order valence-corrected chi connectivity index (χ4v) is 16.0. The van der Waals surface area contributed by atoms with Gasteiger partial charge in [0.15, 0.2) is 74.0 Å². The standard InChI is InChI=1S/C36H36N24O12/c61-25-37-1-38-14-16-42(26(38)62)4-46-18-20-50(30(46)66)8-54-22-24-58(34(54)70)11-57-23-21-53(33(57)69)7-49-19-17-45(29(49)65)3-41(25)15-13(37)39-2-40(14)28(64)44(16)6-48(18)32(68)52(20)10-56(22)36(72)60(24)12-59(23)35(71)55(21)9-51(19)31(67)47(17)5-43(15)27(39)63/h13-24H,1-12H2/i25+1,26+1,27+1,28+1,29+1,30+1,31+1,32+1,33+1,34+1,35+1,36+1. The minimum Gasteiger partial charge on any atom is -0.282 e. The smallest absolute Gasteiger partial charge is 0.282 e. The molecule has 0 N–H and O–H groups in total. The highest BCUT2D eigenvalue weighted by Crippen LogP contribution is 2.51. The molecule has 18 saturated heterocycles. The third kappa shape index (κ3) is 3.41. The Morgan fingerprint density at radius 1 is 0.139 bits per heavy atom. The van der Waals surface area contributed by atoms with Crippen molar-refractivity contribution in [1.29, 1.82) is 0 Å². The zero-order valence-electron chi connectivity index (χ0n) is 37.0. The van der Waals surface area contributed by atoms with Crippen LogP contribution in [0, 0.1) is 0 Å². The molecular formula is C36H36N24O12. The summed E-state index contributed by atoms with van der Waals surface area (Å²) in [5.41, 5.74) is 0. The Morgan fingerprint density at radius 2 is 0.194 bits per heavy atom. The Balaban J connectivity index is 0.832. The molecular weight excluding hydrogens is 972 g/mol. The largest absolute Gasteiger partial charge is 0.326 e. The van der Waals surface area contributed by atoms with Gasteiger partial charge < -0.3 is 0 Å². The topological polar surface area (TPSA) is 283 Å². The van der Waals surface area contributed by atoms with Gasteiger partial charge in [-0.2, -0.15) is 0 Å². The summed E-state index contributed by atoms with van der Waals surface area (Å²) < 4.78 is 0. The number of hydrogen-bond donors (Lipinski definition) is 0. The van der Waals surface area contributed by atoms with Crippen LogP contribution in [0.3, 0.4) is 0 Å². The summed E-state index contributed by atoms with van der Waals surface area (Å²) in [7, 11) is 0. The van der Waals surface area contributed by atoms with Gasteiger partial charge in [-0.15, -0.1) is 0 Å². The highest BCUT2D eigenvalue weighted by Gasteiger charge is 2.75. The number of nitrogens with zero attached hydrogens (tertiary/aromatic N) is 24. The van der Waals surface area contributed by atoms with Crippen LogP contribution in [0.15, 0.2) is 0 Å². The molecule has 36 nitrogen and oxygen atoms in total. The van der Waals surface area contributed by atoms with Crippen LogP contribution in [0.2, 0.25) is 0 Å². The van der Waals surface area contributed by atoms with E-state index in [9.17, 15) is 0 Å². The number of amides is 24. The molecule has 0 bridgehead atoms. The van der Waals surface area contributed by atoms with E-state index in [1.165, 1.54) is 118 Å². The van der Waals surface area contributed by atoms with E-state index in [1.54, 1.807) is 0 Å². The van der Waals surface area contributed by atoms with E-state index in [-0.39, 0.29) is 0 Å². The first-order valence-electron chi connectivity index (χ1n) is 23.6. The maximum Gasteiger partial charge on any atom is 0.326 e. The van der Waals surface area contributed by atoms with Crippen molar-refractivity contribution < 1.29 is 57.5 Å². The summed E-state index contributed by atoms with van der Waals surface area (Å²) in [5.74, 6) is 0. The molecule has 18 heterocycles. The lowest BCUT2D eigenvalue weighted by atomic mass is 10.2. The SMILES string of the molecule is O=[13C]1N2CN3C4C5N(CN6C7C8N(CN9C%10C%11N(CN%12C%13C%14N(CN%15C%16C%17N(CN1C1C2N2CN4[13C](=O)N5CN7[13C](=O)N8CN%10[13C](=O)N%11CN%13[13C](=O)N%14CN%16[13C](=O)N%17CN1[13C]2=O)[13C]%15=O)[13C]%12=O)[13C]9=O)[13C]6=O)[13C]3=O. The predicted octanol–water partition coefficient (Wildman–Crippen LogP) is -5.66. The summed E-state index contributed by atoms with van der Waals surface area (Å²) in [5, 5.41) is 0. The quantitative estimate of drug-likeness (QED) is 0.206. The van der Waals surface area contributed by atoms with Gasteiger partial charge in [0.05, 0.1) is 0 Å². The fraction of sp³-hybridized carbons (Fsp3) is 0.667. The maximum atomic E-state index is 15.1. The molecule has 72 heavy (non-hydrogen) atoms. The van der Waals surface area contributed by atoms with Crippen molar-refractivity contribution in [3.63, 3.8) is 0 Å². The molecule has 0 radical (unpaired) electrons. The minimum absolute atomic E-state index is 0.457. The maximum absolute atomic E-state index is 15.1. The van der Waals surface area contributed by atoms with E-state index in [1.807, 2.05) is 0 Å². The van der Waals surface area contributed by atoms with Crippen LogP contribution in [0.1, 0.15) is 0 Å². The molecule has 0 atom stereocenters. The Hall–Kier alpha value is -8.76. The summed E-state index contributed by atoms with van der Waals surface area (Å²) in [6.07, 6.45) is -13.9. The van der Waals surface area contributed by atoms with E-state index in [0.717, 1.165) is 0 Å². The number of rotatable bonds is 0. The zero-order chi connectivity index (χ0) is 48.2. The molecule has 0 saturated carbocycles. The van der Waals surface area contributed by atoms with Gasteiger partial charge in [0.25, 0.3) is 0 Å². The first kappa shape index (κ1) is 37.1.